The van der Waals surface area contributed by atoms with Crippen LogP contribution in [0.3, 0.4) is 0 Å². The number of pyridine rings is 1. The van der Waals surface area contributed by atoms with Gasteiger partial charge in [-0.05, 0) is 24.3 Å². The highest BCUT2D eigenvalue weighted by Crippen LogP contribution is 2.32. The van der Waals surface area contributed by atoms with Gasteiger partial charge in [0.2, 0.25) is 0 Å². The van der Waals surface area contributed by atoms with Crippen LogP contribution in [0.2, 0.25) is 0 Å². The van der Waals surface area contributed by atoms with E-state index in [0.717, 1.165) is 10.9 Å². The third-order valence-electron chi connectivity index (χ3n) is 3.07. The molecule has 0 saturated carbocycles. The number of oxime groups is 1. The molecule has 0 aliphatic carbocycles. The summed E-state index contributed by atoms with van der Waals surface area (Å²) in [6.07, 6.45) is 1.54. The van der Waals surface area contributed by atoms with E-state index in [1.54, 1.807) is 0 Å². The molecule has 5 heteroatoms. The zero-order chi connectivity index (χ0) is 14.7. The lowest BCUT2D eigenvalue weighted by molar-refractivity contribution is 0.318. The van der Waals surface area contributed by atoms with Gasteiger partial charge in [0.25, 0.3) is 0 Å². The molecule has 0 fully saturated rings. The zero-order valence-electron chi connectivity index (χ0n) is 11.1. The van der Waals surface area contributed by atoms with Gasteiger partial charge < -0.3 is 15.7 Å². The van der Waals surface area contributed by atoms with Crippen LogP contribution in [-0.4, -0.2) is 16.0 Å². The first-order chi connectivity index (χ1) is 10.3. The quantitative estimate of drug-likeness (QED) is 0.334. The van der Waals surface area contributed by atoms with Crippen LogP contribution in [-0.2, 0) is 0 Å². The van der Waals surface area contributed by atoms with Crippen molar-refractivity contribution in [2.24, 2.45) is 10.9 Å². The molecule has 104 valence electrons. The van der Waals surface area contributed by atoms with Crippen molar-refractivity contribution in [3.05, 3.63) is 66.4 Å². The standard InChI is InChI=1S/C16H13N3O2/c17-16(19-20)13-10-18-14-9-5-4-8-12(14)15(13)21-11-6-2-1-3-7-11/h1-10,20H,(H2,17,19). The molecule has 2 aromatic carbocycles. The molecular weight excluding hydrogens is 266 g/mol. The summed E-state index contributed by atoms with van der Waals surface area (Å²) in [7, 11) is 0. The normalized spacial score (nSPS) is 11.5. The van der Waals surface area contributed by atoms with Gasteiger partial charge in [0.05, 0.1) is 11.1 Å². The second-order valence-corrected chi connectivity index (χ2v) is 4.42. The molecule has 0 spiro atoms. The molecule has 0 aliphatic rings. The van der Waals surface area contributed by atoms with Crippen LogP contribution < -0.4 is 10.5 Å². The Morgan fingerprint density at radius 2 is 1.76 bits per heavy atom. The lowest BCUT2D eigenvalue weighted by atomic mass is 10.1. The fourth-order valence-electron chi connectivity index (χ4n) is 2.07. The molecule has 0 saturated heterocycles. The summed E-state index contributed by atoms with van der Waals surface area (Å²) in [5, 5.41) is 12.8. The van der Waals surface area contributed by atoms with Crippen molar-refractivity contribution in [2.75, 3.05) is 0 Å². The summed E-state index contributed by atoms with van der Waals surface area (Å²) in [4.78, 5) is 4.30. The first-order valence-electron chi connectivity index (χ1n) is 6.38. The van der Waals surface area contributed by atoms with Gasteiger partial charge in [-0.2, -0.15) is 0 Å². The van der Waals surface area contributed by atoms with E-state index in [9.17, 15) is 0 Å². The predicted molar refractivity (Wildman–Crippen MR) is 80.8 cm³/mol. The van der Waals surface area contributed by atoms with E-state index < -0.39 is 0 Å². The molecule has 3 rings (SSSR count). The predicted octanol–water partition coefficient (Wildman–Crippen LogP) is 3.12. The Balaban J connectivity index is 2.21. The molecule has 0 radical (unpaired) electrons. The maximum Gasteiger partial charge on any atom is 0.175 e. The van der Waals surface area contributed by atoms with Crippen molar-refractivity contribution in [1.29, 1.82) is 0 Å². The van der Waals surface area contributed by atoms with Gasteiger partial charge in [-0.25, -0.2) is 0 Å². The highest BCUT2D eigenvalue weighted by molar-refractivity contribution is 6.04. The summed E-state index contributed by atoms with van der Waals surface area (Å²) >= 11 is 0. The lowest BCUT2D eigenvalue weighted by Crippen LogP contribution is -2.14. The molecule has 0 atom stereocenters. The molecule has 0 amide bonds. The molecule has 0 aliphatic heterocycles. The number of nitrogens with two attached hydrogens (primary N) is 1. The zero-order valence-corrected chi connectivity index (χ0v) is 11.1. The second kappa shape index (κ2) is 5.50. The minimum atomic E-state index is -0.0424. The monoisotopic (exact) mass is 279 g/mol. The van der Waals surface area contributed by atoms with Crippen LogP contribution in [0.15, 0.2) is 65.9 Å². The summed E-state index contributed by atoms with van der Waals surface area (Å²) in [5.74, 6) is 1.14. The Morgan fingerprint density at radius 1 is 1.05 bits per heavy atom. The van der Waals surface area contributed by atoms with E-state index in [4.69, 9.17) is 15.7 Å². The maximum atomic E-state index is 8.93. The smallest absolute Gasteiger partial charge is 0.175 e. The number of benzene rings is 2. The van der Waals surface area contributed by atoms with Crippen molar-refractivity contribution in [2.45, 2.75) is 0 Å². The van der Waals surface area contributed by atoms with E-state index in [2.05, 4.69) is 10.1 Å². The number of amidine groups is 1. The summed E-state index contributed by atoms with van der Waals surface area (Å²) in [6, 6.07) is 16.9. The van der Waals surface area contributed by atoms with Gasteiger partial charge in [0, 0.05) is 11.6 Å². The number of hydrogen-bond donors (Lipinski definition) is 2. The third kappa shape index (κ3) is 2.49. The number of ether oxygens (including phenoxy) is 1. The van der Waals surface area contributed by atoms with Crippen molar-refractivity contribution in [3.63, 3.8) is 0 Å². The van der Waals surface area contributed by atoms with Gasteiger partial charge in [-0.1, -0.05) is 35.5 Å². The van der Waals surface area contributed by atoms with Gasteiger partial charge in [-0.15, -0.1) is 0 Å². The third-order valence-corrected chi connectivity index (χ3v) is 3.07. The Bertz CT molecular complexity index is 801. The molecule has 21 heavy (non-hydrogen) atoms. The largest absolute Gasteiger partial charge is 0.456 e. The first kappa shape index (κ1) is 12.9. The topological polar surface area (TPSA) is 80.7 Å². The molecule has 0 bridgehead atoms. The molecule has 0 unspecified atom stereocenters. The average Bonchev–Trinajstić information content (AvgIpc) is 2.55. The van der Waals surface area contributed by atoms with E-state index >= 15 is 0 Å². The Labute approximate surface area is 121 Å². The highest BCUT2D eigenvalue weighted by Gasteiger charge is 2.14. The van der Waals surface area contributed by atoms with Crippen LogP contribution in [0.5, 0.6) is 11.5 Å². The van der Waals surface area contributed by atoms with Gasteiger partial charge in [-0.3, -0.25) is 4.98 Å². The van der Waals surface area contributed by atoms with Crippen LogP contribution in [0, 0.1) is 0 Å². The van der Waals surface area contributed by atoms with Crippen molar-refractivity contribution in [3.8, 4) is 11.5 Å². The number of aromatic nitrogens is 1. The molecular formula is C16H13N3O2. The van der Waals surface area contributed by atoms with E-state index in [-0.39, 0.29) is 5.84 Å². The fourth-order valence-corrected chi connectivity index (χ4v) is 2.07. The molecule has 3 aromatic rings. The minimum Gasteiger partial charge on any atom is -0.456 e. The van der Waals surface area contributed by atoms with Crippen molar-refractivity contribution < 1.29 is 9.94 Å². The average molecular weight is 279 g/mol. The molecule has 1 heterocycles. The van der Waals surface area contributed by atoms with Crippen LogP contribution >= 0.6 is 0 Å². The van der Waals surface area contributed by atoms with Gasteiger partial charge in [0.15, 0.2) is 5.84 Å². The Morgan fingerprint density at radius 3 is 2.52 bits per heavy atom. The van der Waals surface area contributed by atoms with Crippen molar-refractivity contribution >= 4 is 16.7 Å². The maximum absolute atomic E-state index is 8.93. The number of fused-ring (bicyclic) bond motifs is 1. The summed E-state index contributed by atoms with van der Waals surface area (Å²) in [5.41, 5.74) is 6.94. The van der Waals surface area contributed by atoms with Gasteiger partial charge >= 0.3 is 0 Å². The first-order valence-corrected chi connectivity index (χ1v) is 6.38. The van der Waals surface area contributed by atoms with Crippen LogP contribution in [0.25, 0.3) is 10.9 Å². The highest BCUT2D eigenvalue weighted by atomic mass is 16.5. The van der Waals surface area contributed by atoms with Crippen LogP contribution in [0.1, 0.15) is 5.56 Å². The van der Waals surface area contributed by atoms with E-state index in [1.165, 1.54) is 6.20 Å². The number of nitrogens with zero attached hydrogens (tertiary/aromatic N) is 2. The second-order valence-electron chi connectivity index (χ2n) is 4.42. The van der Waals surface area contributed by atoms with Crippen LogP contribution in [0.4, 0.5) is 0 Å². The number of para-hydroxylation sites is 2. The SMILES string of the molecule is N/C(=N\O)c1cnc2ccccc2c1Oc1ccccc1. The van der Waals surface area contributed by atoms with Gasteiger partial charge in [0.1, 0.15) is 11.5 Å². The minimum absolute atomic E-state index is 0.0424. The van der Waals surface area contributed by atoms with E-state index in [0.29, 0.717) is 17.1 Å². The van der Waals surface area contributed by atoms with Crippen molar-refractivity contribution in [1.82, 2.24) is 4.98 Å². The molecule has 3 N–H and O–H groups in total. The Kier molecular flexibility index (Phi) is 3.39. The van der Waals surface area contributed by atoms with E-state index in [1.807, 2.05) is 54.6 Å². The number of hydrogen-bond acceptors (Lipinski definition) is 4. The summed E-state index contributed by atoms with van der Waals surface area (Å²) < 4.78 is 5.93. The Hall–Kier alpha value is -3.08. The fraction of sp³-hybridized carbons (Fsp3) is 0. The molecule has 1 aromatic heterocycles. The number of rotatable bonds is 3. The lowest BCUT2D eigenvalue weighted by Gasteiger charge is -2.12. The molecule has 5 nitrogen and oxygen atoms in total. The summed E-state index contributed by atoms with van der Waals surface area (Å²) in [6.45, 7) is 0.